The Morgan fingerprint density at radius 2 is 1.50 bits per heavy atom. The van der Waals surface area contributed by atoms with Crippen molar-refractivity contribution in [1.82, 2.24) is 0 Å². The molecule has 0 saturated carbocycles. The van der Waals surface area contributed by atoms with E-state index in [2.05, 4.69) is 15.0 Å². The Morgan fingerprint density at radius 3 is 2.00 bits per heavy atom. The first-order valence-electron chi connectivity index (χ1n) is 5.96. The number of isocyanates is 3. The summed E-state index contributed by atoms with van der Waals surface area (Å²) < 4.78 is 0. The molecular formula is C12H17N3O3. The molecule has 0 aromatic heterocycles. The standard InChI is InChI=1S/C12H17N3O3/c1-2-3-4-6-12(14-10-17,15-11-18)7-5-8-13-9-16/h2-8H2,1H3. The fourth-order valence-corrected chi connectivity index (χ4v) is 1.69. The minimum absolute atomic E-state index is 0.280. The summed E-state index contributed by atoms with van der Waals surface area (Å²) in [6.07, 6.45) is 8.50. The third-order valence-electron chi connectivity index (χ3n) is 2.60. The molecule has 0 fully saturated rings. The first-order chi connectivity index (χ1) is 8.74. The number of hydrogen-bond donors (Lipinski definition) is 0. The SMILES string of the molecule is CCCCCC(CCCN=C=O)(N=C=O)N=C=O. The van der Waals surface area contributed by atoms with Crippen molar-refractivity contribution in [3.05, 3.63) is 0 Å². The molecule has 0 amide bonds. The summed E-state index contributed by atoms with van der Waals surface area (Å²) in [5.41, 5.74) is -1.09. The van der Waals surface area contributed by atoms with Crippen LogP contribution in [-0.4, -0.2) is 30.4 Å². The van der Waals surface area contributed by atoms with Crippen molar-refractivity contribution in [2.75, 3.05) is 6.54 Å². The second-order valence-electron chi connectivity index (χ2n) is 3.92. The van der Waals surface area contributed by atoms with Gasteiger partial charge in [0.2, 0.25) is 18.2 Å². The highest BCUT2D eigenvalue weighted by Crippen LogP contribution is 2.26. The molecule has 0 heterocycles. The lowest BCUT2D eigenvalue weighted by molar-refractivity contribution is 0.357. The highest BCUT2D eigenvalue weighted by atomic mass is 16.1. The normalized spacial score (nSPS) is 12.5. The number of aliphatic imine (C=N–C) groups is 3. The Balaban J connectivity index is 4.67. The third kappa shape index (κ3) is 6.66. The van der Waals surface area contributed by atoms with E-state index >= 15 is 0 Å². The maximum atomic E-state index is 10.4. The van der Waals surface area contributed by atoms with E-state index in [0.717, 1.165) is 19.3 Å². The van der Waals surface area contributed by atoms with Crippen LogP contribution in [0.5, 0.6) is 0 Å². The van der Waals surface area contributed by atoms with Crippen LogP contribution in [0, 0.1) is 0 Å². The molecule has 18 heavy (non-hydrogen) atoms. The van der Waals surface area contributed by atoms with Crippen molar-refractivity contribution in [2.24, 2.45) is 15.0 Å². The van der Waals surface area contributed by atoms with E-state index in [4.69, 9.17) is 0 Å². The van der Waals surface area contributed by atoms with Gasteiger partial charge in [0.15, 0.2) is 5.66 Å². The van der Waals surface area contributed by atoms with Crippen LogP contribution in [0.3, 0.4) is 0 Å². The predicted octanol–water partition coefficient (Wildman–Crippen LogP) is 2.05. The number of hydrogen-bond acceptors (Lipinski definition) is 6. The second-order valence-corrected chi connectivity index (χ2v) is 3.92. The minimum atomic E-state index is -1.09. The van der Waals surface area contributed by atoms with Crippen LogP contribution < -0.4 is 0 Å². The van der Waals surface area contributed by atoms with Crippen molar-refractivity contribution in [1.29, 1.82) is 0 Å². The molecule has 98 valence electrons. The molecule has 0 rings (SSSR count). The molecule has 0 aromatic carbocycles. The molecular weight excluding hydrogens is 234 g/mol. The first-order valence-corrected chi connectivity index (χ1v) is 5.96. The molecule has 0 atom stereocenters. The van der Waals surface area contributed by atoms with Crippen molar-refractivity contribution in [3.63, 3.8) is 0 Å². The number of unbranched alkanes of at least 4 members (excludes halogenated alkanes) is 2. The molecule has 0 spiro atoms. The summed E-state index contributed by atoms with van der Waals surface area (Å²) in [6.45, 7) is 2.33. The van der Waals surface area contributed by atoms with Gasteiger partial charge < -0.3 is 0 Å². The molecule has 0 unspecified atom stereocenters. The van der Waals surface area contributed by atoms with Gasteiger partial charge in [0, 0.05) is 0 Å². The highest BCUT2D eigenvalue weighted by molar-refractivity contribution is 5.39. The summed E-state index contributed by atoms with van der Waals surface area (Å²) in [7, 11) is 0. The van der Waals surface area contributed by atoms with Crippen molar-refractivity contribution in [3.8, 4) is 0 Å². The Morgan fingerprint density at radius 1 is 0.889 bits per heavy atom. The lowest BCUT2D eigenvalue weighted by Crippen LogP contribution is -2.24. The number of nitrogens with zero attached hydrogens (tertiary/aromatic N) is 3. The van der Waals surface area contributed by atoms with Gasteiger partial charge in [-0.15, -0.1) is 0 Å². The number of rotatable bonds is 10. The van der Waals surface area contributed by atoms with Gasteiger partial charge in [-0.3, -0.25) is 0 Å². The minimum Gasteiger partial charge on any atom is -0.211 e. The molecule has 0 aromatic rings. The largest absolute Gasteiger partial charge is 0.237 e. The van der Waals surface area contributed by atoms with Crippen molar-refractivity contribution >= 4 is 18.2 Å². The smallest absolute Gasteiger partial charge is 0.211 e. The van der Waals surface area contributed by atoms with Crippen molar-refractivity contribution < 1.29 is 14.4 Å². The van der Waals surface area contributed by atoms with Gasteiger partial charge in [0.05, 0.1) is 6.54 Å². The molecule has 0 aliphatic heterocycles. The maximum Gasteiger partial charge on any atom is 0.237 e. The summed E-state index contributed by atoms with van der Waals surface area (Å²) >= 11 is 0. The maximum absolute atomic E-state index is 10.4. The fourth-order valence-electron chi connectivity index (χ4n) is 1.69. The van der Waals surface area contributed by atoms with Crippen LogP contribution in [0.4, 0.5) is 0 Å². The molecule has 6 nitrogen and oxygen atoms in total. The van der Waals surface area contributed by atoms with Crippen molar-refractivity contribution in [2.45, 2.75) is 51.1 Å². The van der Waals surface area contributed by atoms with Crippen LogP contribution in [-0.2, 0) is 14.4 Å². The van der Waals surface area contributed by atoms with Gasteiger partial charge in [-0.2, -0.15) is 9.98 Å². The Kier molecular flexibility index (Phi) is 9.24. The van der Waals surface area contributed by atoms with Gasteiger partial charge in [0.25, 0.3) is 0 Å². The lowest BCUT2D eigenvalue weighted by atomic mass is 9.97. The van der Waals surface area contributed by atoms with Gasteiger partial charge in [-0.25, -0.2) is 19.4 Å². The van der Waals surface area contributed by atoms with Crippen LogP contribution in [0.1, 0.15) is 45.4 Å². The monoisotopic (exact) mass is 251 g/mol. The van der Waals surface area contributed by atoms with Crippen LogP contribution >= 0.6 is 0 Å². The van der Waals surface area contributed by atoms with Crippen LogP contribution in [0.15, 0.2) is 15.0 Å². The summed E-state index contributed by atoms with van der Waals surface area (Å²) in [5, 5.41) is 0. The van der Waals surface area contributed by atoms with E-state index in [0.29, 0.717) is 19.3 Å². The molecule has 0 radical (unpaired) electrons. The molecule has 0 N–H and O–H groups in total. The van der Waals surface area contributed by atoms with Gasteiger partial charge in [-0.1, -0.05) is 19.8 Å². The van der Waals surface area contributed by atoms with Gasteiger partial charge >= 0.3 is 0 Å². The molecule has 0 aliphatic rings. The predicted molar refractivity (Wildman–Crippen MR) is 65.3 cm³/mol. The molecule has 0 aliphatic carbocycles. The first kappa shape index (κ1) is 16.1. The summed E-state index contributed by atoms with van der Waals surface area (Å²) in [6, 6.07) is 0. The fraction of sp³-hybridized carbons (Fsp3) is 0.750. The lowest BCUT2D eigenvalue weighted by Gasteiger charge is -2.21. The zero-order valence-electron chi connectivity index (χ0n) is 10.5. The van der Waals surface area contributed by atoms with Crippen LogP contribution in [0.25, 0.3) is 0 Å². The zero-order chi connectivity index (χ0) is 13.7. The topological polar surface area (TPSA) is 88.3 Å². The van der Waals surface area contributed by atoms with E-state index in [1.54, 1.807) is 0 Å². The number of carbonyl (C=O) groups excluding carboxylic acids is 3. The van der Waals surface area contributed by atoms with E-state index in [1.807, 2.05) is 6.92 Å². The highest BCUT2D eigenvalue weighted by Gasteiger charge is 2.28. The van der Waals surface area contributed by atoms with Crippen LogP contribution in [0.2, 0.25) is 0 Å². The van der Waals surface area contributed by atoms with E-state index in [1.165, 1.54) is 18.2 Å². The summed E-state index contributed by atoms with van der Waals surface area (Å²) in [5.74, 6) is 0. The quantitative estimate of drug-likeness (QED) is 0.338. The zero-order valence-corrected chi connectivity index (χ0v) is 10.5. The molecule has 6 heteroatoms. The Labute approximate surface area is 106 Å². The summed E-state index contributed by atoms with van der Waals surface area (Å²) in [4.78, 5) is 41.5. The average molecular weight is 251 g/mol. The van der Waals surface area contributed by atoms with Gasteiger partial charge in [0.1, 0.15) is 0 Å². The molecule has 0 bridgehead atoms. The van der Waals surface area contributed by atoms with E-state index in [9.17, 15) is 14.4 Å². The third-order valence-corrected chi connectivity index (χ3v) is 2.60. The Hall–Kier alpha value is -1.86. The Bertz CT molecular complexity index is 358. The van der Waals surface area contributed by atoms with Gasteiger partial charge in [-0.05, 0) is 25.7 Å². The van der Waals surface area contributed by atoms with E-state index in [-0.39, 0.29) is 6.54 Å². The van der Waals surface area contributed by atoms with E-state index < -0.39 is 5.66 Å². The second kappa shape index (κ2) is 10.3. The molecule has 0 saturated heterocycles. The average Bonchev–Trinajstić information content (AvgIpc) is 2.36.